The Kier molecular flexibility index (Phi) is 5.69. The fourth-order valence-corrected chi connectivity index (χ4v) is 5.57. The van der Waals surface area contributed by atoms with Gasteiger partial charge in [-0.1, -0.05) is 6.07 Å². The highest BCUT2D eigenvalue weighted by atomic mass is 16.5. The number of nitrogens with zero attached hydrogens (tertiary/aromatic N) is 4. The molecule has 1 saturated carbocycles. The van der Waals surface area contributed by atoms with Gasteiger partial charge < -0.3 is 19.3 Å². The second kappa shape index (κ2) is 8.88. The van der Waals surface area contributed by atoms with Crippen molar-refractivity contribution in [2.24, 2.45) is 0 Å². The van der Waals surface area contributed by atoms with Crippen LogP contribution in [-0.2, 0) is 14.9 Å². The van der Waals surface area contributed by atoms with Crippen molar-refractivity contribution in [3.8, 4) is 17.0 Å². The lowest BCUT2D eigenvalue weighted by Gasteiger charge is -2.33. The van der Waals surface area contributed by atoms with Gasteiger partial charge in [-0.2, -0.15) is 0 Å². The number of benzene rings is 1. The number of rotatable bonds is 7. The van der Waals surface area contributed by atoms with E-state index in [0.29, 0.717) is 31.7 Å². The molecule has 1 spiro atoms. The van der Waals surface area contributed by atoms with Crippen LogP contribution in [0.1, 0.15) is 37.7 Å². The zero-order valence-corrected chi connectivity index (χ0v) is 20.5. The summed E-state index contributed by atoms with van der Waals surface area (Å²) in [4.78, 5) is 27.3. The Morgan fingerprint density at radius 3 is 2.60 bits per heavy atom. The van der Waals surface area contributed by atoms with Crippen LogP contribution in [0.15, 0.2) is 42.7 Å². The Balaban J connectivity index is 1.35. The molecule has 1 aromatic carbocycles. The third kappa shape index (κ3) is 3.96. The molecular weight excluding hydrogens is 440 g/mol. The molecule has 1 aliphatic carbocycles. The first kappa shape index (κ1) is 22.4. The van der Waals surface area contributed by atoms with Gasteiger partial charge in [0.05, 0.1) is 29.4 Å². The molecule has 4 heterocycles. The van der Waals surface area contributed by atoms with Gasteiger partial charge in [0.25, 0.3) is 0 Å². The van der Waals surface area contributed by atoms with Crippen LogP contribution in [0.4, 0.5) is 5.69 Å². The molecular formula is C28H32N4O3. The number of amides is 1. The molecule has 3 aromatic rings. The first-order valence-electron chi connectivity index (χ1n) is 12.7. The lowest BCUT2D eigenvalue weighted by molar-refractivity contribution is -0.126. The van der Waals surface area contributed by atoms with Crippen LogP contribution in [0.25, 0.3) is 22.0 Å². The molecule has 0 radical (unpaired) electrons. The molecule has 1 amide bonds. The van der Waals surface area contributed by atoms with Gasteiger partial charge in [-0.25, -0.2) is 4.98 Å². The van der Waals surface area contributed by atoms with Crippen LogP contribution in [0.3, 0.4) is 0 Å². The van der Waals surface area contributed by atoms with E-state index in [9.17, 15) is 4.79 Å². The SMILES string of the molecule is CN(C)CCCOc1ccc(-c2ccc3ncc4c(c3c2)C2(CCOCC2)C(=O)N4C2CC2)cn1. The minimum atomic E-state index is -0.501. The van der Waals surface area contributed by atoms with Gasteiger partial charge in [-0.3, -0.25) is 9.78 Å². The molecule has 0 atom stereocenters. The Bertz CT molecular complexity index is 1250. The van der Waals surface area contributed by atoms with E-state index >= 15 is 0 Å². The predicted molar refractivity (Wildman–Crippen MR) is 136 cm³/mol. The van der Waals surface area contributed by atoms with Gasteiger partial charge in [0, 0.05) is 54.6 Å². The van der Waals surface area contributed by atoms with Gasteiger partial charge in [-0.05, 0) is 70.0 Å². The van der Waals surface area contributed by atoms with E-state index in [2.05, 4.69) is 48.2 Å². The fourth-order valence-electron chi connectivity index (χ4n) is 5.57. The second-order valence-electron chi connectivity index (χ2n) is 10.2. The van der Waals surface area contributed by atoms with Crippen LogP contribution < -0.4 is 9.64 Å². The average molecular weight is 473 g/mol. The number of fused-ring (bicyclic) bond motifs is 4. The number of ether oxygens (including phenoxy) is 2. The lowest BCUT2D eigenvalue weighted by Crippen LogP contribution is -2.44. The maximum atomic E-state index is 13.8. The summed E-state index contributed by atoms with van der Waals surface area (Å²) < 4.78 is 11.5. The van der Waals surface area contributed by atoms with Crippen molar-refractivity contribution in [2.75, 3.05) is 45.4 Å². The first-order chi connectivity index (χ1) is 17.1. The molecule has 182 valence electrons. The number of hydrogen-bond acceptors (Lipinski definition) is 6. The van der Waals surface area contributed by atoms with E-state index in [4.69, 9.17) is 14.5 Å². The summed E-state index contributed by atoms with van der Waals surface area (Å²) >= 11 is 0. The highest BCUT2D eigenvalue weighted by Gasteiger charge is 2.55. The minimum absolute atomic E-state index is 0.246. The summed E-state index contributed by atoms with van der Waals surface area (Å²) in [5.74, 6) is 0.887. The van der Waals surface area contributed by atoms with Crippen molar-refractivity contribution < 1.29 is 14.3 Å². The van der Waals surface area contributed by atoms with Gasteiger partial charge in [0.2, 0.25) is 11.8 Å². The highest BCUT2D eigenvalue weighted by molar-refractivity contribution is 6.13. The topological polar surface area (TPSA) is 67.8 Å². The Labute approximate surface area is 206 Å². The van der Waals surface area contributed by atoms with E-state index in [1.807, 2.05) is 23.4 Å². The van der Waals surface area contributed by atoms with E-state index in [1.54, 1.807) is 0 Å². The molecule has 0 bridgehead atoms. The second-order valence-corrected chi connectivity index (χ2v) is 10.2. The van der Waals surface area contributed by atoms with Crippen molar-refractivity contribution in [1.82, 2.24) is 14.9 Å². The summed E-state index contributed by atoms with van der Waals surface area (Å²) in [6.07, 6.45) is 8.35. The maximum absolute atomic E-state index is 13.8. The molecule has 2 fully saturated rings. The van der Waals surface area contributed by atoms with Crippen molar-refractivity contribution >= 4 is 22.5 Å². The molecule has 6 rings (SSSR count). The number of hydrogen-bond donors (Lipinski definition) is 0. The molecule has 1 saturated heterocycles. The van der Waals surface area contributed by atoms with Crippen LogP contribution in [0.5, 0.6) is 5.88 Å². The van der Waals surface area contributed by atoms with Crippen LogP contribution in [0.2, 0.25) is 0 Å². The normalized spacial score (nSPS) is 19.1. The number of aromatic nitrogens is 2. The van der Waals surface area contributed by atoms with Gasteiger partial charge in [0.15, 0.2) is 0 Å². The zero-order valence-electron chi connectivity index (χ0n) is 20.5. The van der Waals surface area contributed by atoms with Crippen LogP contribution >= 0.6 is 0 Å². The fraction of sp³-hybridized carbons (Fsp3) is 0.464. The Morgan fingerprint density at radius 2 is 1.89 bits per heavy atom. The third-order valence-electron chi connectivity index (χ3n) is 7.54. The van der Waals surface area contributed by atoms with E-state index < -0.39 is 5.41 Å². The Hall–Kier alpha value is -3.03. The summed E-state index contributed by atoms with van der Waals surface area (Å²) in [5.41, 5.74) is 4.67. The molecule has 0 unspecified atom stereocenters. The van der Waals surface area contributed by atoms with Crippen molar-refractivity contribution in [1.29, 1.82) is 0 Å². The molecule has 0 N–H and O–H groups in total. The lowest BCUT2D eigenvalue weighted by atomic mass is 9.74. The largest absolute Gasteiger partial charge is 0.478 e. The van der Waals surface area contributed by atoms with Crippen LogP contribution in [-0.4, -0.2) is 67.3 Å². The van der Waals surface area contributed by atoms with E-state index in [-0.39, 0.29) is 5.91 Å². The molecule has 35 heavy (non-hydrogen) atoms. The maximum Gasteiger partial charge on any atom is 0.238 e. The number of carbonyl (C=O) groups excluding carboxylic acids is 1. The molecule has 3 aliphatic rings. The van der Waals surface area contributed by atoms with Crippen molar-refractivity contribution in [3.05, 3.63) is 48.3 Å². The van der Waals surface area contributed by atoms with Gasteiger partial charge >= 0.3 is 0 Å². The summed E-state index contributed by atoms with van der Waals surface area (Å²) in [6.45, 7) is 2.87. The molecule has 2 aliphatic heterocycles. The van der Waals surface area contributed by atoms with Crippen LogP contribution in [0, 0.1) is 0 Å². The summed E-state index contributed by atoms with van der Waals surface area (Å²) in [7, 11) is 4.12. The summed E-state index contributed by atoms with van der Waals surface area (Å²) in [5, 5.41) is 1.07. The number of pyridine rings is 2. The minimum Gasteiger partial charge on any atom is -0.478 e. The monoisotopic (exact) mass is 472 g/mol. The van der Waals surface area contributed by atoms with Crippen molar-refractivity contribution in [2.45, 2.75) is 43.6 Å². The third-order valence-corrected chi connectivity index (χ3v) is 7.54. The zero-order chi connectivity index (χ0) is 24.0. The number of anilines is 1. The molecule has 7 nitrogen and oxygen atoms in total. The summed E-state index contributed by atoms with van der Waals surface area (Å²) in [6, 6.07) is 10.6. The molecule has 2 aromatic heterocycles. The van der Waals surface area contributed by atoms with Crippen molar-refractivity contribution in [3.63, 3.8) is 0 Å². The highest BCUT2D eigenvalue weighted by Crippen LogP contribution is 2.53. The predicted octanol–water partition coefficient (Wildman–Crippen LogP) is 4.18. The standard InChI is InChI=1S/C28H32N4O3/c1-31(2)12-3-13-35-25-9-5-20(17-30-25)19-4-8-23-22(16-19)26-24(18-29-23)32(21-6-7-21)27(33)28(26)10-14-34-15-11-28/h4-5,8-9,16-18,21H,3,6-7,10-15H2,1-2H3. The van der Waals surface area contributed by atoms with Gasteiger partial charge in [-0.15, -0.1) is 0 Å². The average Bonchev–Trinajstić information content (AvgIpc) is 3.69. The quantitative estimate of drug-likeness (QED) is 0.481. The van der Waals surface area contributed by atoms with Gasteiger partial charge in [0.1, 0.15) is 0 Å². The Morgan fingerprint density at radius 1 is 1.09 bits per heavy atom. The van der Waals surface area contributed by atoms with E-state index in [0.717, 1.165) is 71.9 Å². The van der Waals surface area contributed by atoms with E-state index in [1.165, 1.54) is 0 Å². The number of carbonyl (C=O) groups is 1. The smallest absolute Gasteiger partial charge is 0.238 e. The molecule has 7 heteroatoms. The first-order valence-corrected chi connectivity index (χ1v) is 12.7.